The molecule has 3 saturated heterocycles. The van der Waals surface area contributed by atoms with Crippen LogP contribution in [0, 0.1) is 5.82 Å². The number of hydrogen-bond donors (Lipinski definition) is 2. The van der Waals surface area contributed by atoms with Gasteiger partial charge >= 0.3 is 12.2 Å². The van der Waals surface area contributed by atoms with Crippen LogP contribution in [0.2, 0.25) is 5.02 Å². The Bertz CT molecular complexity index is 1620. The van der Waals surface area contributed by atoms with Gasteiger partial charge in [0.1, 0.15) is 41.8 Å². The Morgan fingerprint density at radius 3 is 2.79 bits per heavy atom. The summed E-state index contributed by atoms with van der Waals surface area (Å²) in [6.07, 6.45) is -3.32. The summed E-state index contributed by atoms with van der Waals surface area (Å²) in [5, 5.41) is 2.72. The van der Waals surface area contributed by atoms with E-state index < -0.39 is 51.1 Å². The number of aromatic nitrogens is 3. The number of fused-ring (bicyclic) bond motifs is 1. The van der Waals surface area contributed by atoms with Gasteiger partial charge in [-0.2, -0.15) is 23.1 Å². The second-order valence-corrected chi connectivity index (χ2v) is 12.3. The number of nitrogens with one attached hydrogen (secondary N) is 1. The number of nitrogens with two attached hydrogens (primary N) is 1. The van der Waals surface area contributed by atoms with Crippen LogP contribution in [0.25, 0.3) is 22.2 Å². The number of pyridine rings is 1. The van der Waals surface area contributed by atoms with Gasteiger partial charge in [0, 0.05) is 37.8 Å². The molecule has 4 aliphatic heterocycles. The number of nitrogen functional groups attached to an aromatic ring is 1. The lowest BCUT2D eigenvalue weighted by atomic mass is 9.95. The molecule has 2 aromatic heterocycles. The average Bonchev–Trinajstić information content (AvgIpc) is 3.62. The number of rotatable bonds is 4. The van der Waals surface area contributed by atoms with E-state index in [0.717, 1.165) is 31.5 Å². The highest BCUT2D eigenvalue weighted by molar-refractivity contribution is 6.32. The molecule has 230 valence electrons. The van der Waals surface area contributed by atoms with Gasteiger partial charge in [0.05, 0.1) is 21.7 Å². The third-order valence-electron chi connectivity index (χ3n) is 9.32. The standard InChI is InChI=1S/C28H29ClF5N7O2/c1-40-23-18-22(38-25(39-23)43-12-26-3-2-6-41(26)10-14(30)9-26)20(31)21(37-24(18)42-13-27(40)4-5-36-11-27)16-7-15(35)8-17(29)19(16)28(32,33)34/h7-8,14,36H,2-6,9-13,35H2,1H3/t14-,26+,27?/m1/s1. The van der Waals surface area contributed by atoms with Crippen LogP contribution < -0.4 is 25.4 Å². The highest BCUT2D eigenvalue weighted by Gasteiger charge is 2.50. The summed E-state index contributed by atoms with van der Waals surface area (Å²) in [6, 6.07) is 1.75. The predicted molar refractivity (Wildman–Crippen MR) is 150 cm³/mol. The molecule has 6 heterocycles. The van der Waals surface area contributed by atoms with Gasteiger partial charge in [0.25, 0.3) is 0 Å². The molecule has 43 heavy (non-hydrogen) atoms. The van der Waals surface area contributed by atoms with Crippen molar-refractivity contribution < 1.29 is 31.4 Å². The first-order valence-corrected chi connectivity index (χ1v) is 14.5. The van der Waals surface area contributed by atoms with Crippen molar-refractivity contribution in [2.24, 2.45) is 0 Å². The van der Waals surface area contributed by atoms with E-state index >= 15 is 4.39 Å². The van der Waals surface area contributed by atoms with Crippen molar-refractivity contribution in [1.82, 2.24) is 25.2 Å². The lowest BCUT2D eigenvalue weighted by Crippen LogP contribution is -2.52. The van der Waals surface area contributed by atoms with E-state index in [0.29, 0.717) is 32.5 Å². The van der Waals surface area contributed by atoms with Gasteiger partial charge in [-0.1, -0.05) is 11.6 Å². The first-order chi connectivity index (χ1) is 20.4. The van der Waals surface area contributed by atoms with Crippen LogP contribution >= 0.6 is 11.6 Å². The molecular weight excluding hydrogens is 597 g/mol. The molecule has 4 aliphatic rings. The van der Waals surface area contributed by atoms with Crippen LogP contribution in [-0.2, 0) is 6.18 Å². The SMILES string of the molecule is CN1c2nc(OC[C@@]34CCCN3C[C@H](F)C4)nc3c(F)c(-c4cc(N)cc(Cl)c4C(F)(F)F)nc(c23)OCC12CCNC2. The molecule has 3 fully saturated rings. The summed E-state index contributed by atoms with van der Waals surface area (Å²) in [5.74, 6) is -0.986. The fourth-order valence-electron chi connectivity index (χ4n) is 7.11. The largest absolute Gasteiger partial charge is 0.475 e. The van der Waals surface area contributed by atoms with Gasteiger partial charge < -0.3 is 25.4 Å². The molecule has 0 radical (unpaired) electrons. The van der Waals surface area contributed by atoms with Crippen LogP contribution in [0.15, 0.2) is 12.1 Å². The van der Waals surface area contributed by atoms with Crippen molar-refractivity contribution in [3.63, 3.8) is 0 Å². The molecule has 3 N–H and O–H groups in total. The zero-order valence-corrected chi connectivity index (χ0v) is 24.0. The molecule has 0 bridgehead atoms. The monoisotopic (exact) mass is 625 g/mol. The van der Waals surface area contributed by atoms with Crippen molar-refractivity contribution >= 4 is 34.0 Å². The van der Waals surface area contributed by atoms with Crippen molar-refractivity contribution in [2.75, 3.05) is 57.1 Å². The molecule has 1 aromatic carbocycles. The quantitative estimate of drug-likeness (QED) is 0.318. The van der Waals surface area contributed by atoms with Crippen molar-refractivity contribution in [2.45, 2.75) is 49.1 Å². The molecule has 7 rings (SSSR count). The Morgan fingerprint density at radius 1 is 1.23 bits per heavy atom. The van der Waals surface area contributed by atoms with E-state index in [-0.39, 0.29) is 47.5 Å². The molecule has 9 nitrogen and oxygen atoms in total. The fourth-order valence-corrected chi connectivity index (χ4v) is 7.44. The summed E-state index contributed by atoms with van der Waals surface area (Å²) in [5.41, 5.74) is 1.71. The van der Waals surface area contributed by atoms with E-state index in [4.69, 9.17) is 26.8 Å². The minimum atomic E-state index is -4.94. The van der Waals surface area contributed by atoms with Gasteiger partial charge in [-0.15, -0.1) is 0 Å². The summed E-state index contributed by atoms with van der Waals surface area (Å²) < 4.78 is 85.7. The van der Waals surface area contributed by atoms with Gasteiger partial charge in [-0.05, 0) is 44.5 Å². The predicted octanol–water partition coefficient (Wildman–Crippen LogP) is 4.60. The highest BCUT2D eigenvalue weighted by atomic mass is 35.5. The van der Waals surface area contributed by atoms with E-state index in [1.54, 1.807) is 7.05 Å². The number of ether oxygens (including phenoxy) is 2. The van der Waals surface area contributed by atoms with Crippen LogP contribution in [0.1, 0.15) is 31.2 Å². The summed E-state index contributed by atoms with van der Waals surface area (Å²) in [4.78, 5) is 17.2. The lowest BCUT2D eigenvalue weighted by molar-refractivity contribution is -0.137. The van der Waals surface area contributed by atoms with Gasteiger partial charge in [-0.3, -0.25) is 4.90 Å². The van der Waals surface area contributed by atoms with Gasteiger partial charge in [0.2, 0.25) is 5.88 Å². The maximum Gasteiger partial charge on any atom is 0.418 e. The number of nitrogens with zero attached hydrogens (tertiary/aromatic N) is 5. The Labute approximate surface area is 248 Å². The smallest absolute Gasteiger partial charge is 0.418 e. The molecule has 3 aromatic rings. The second-order valence-electron chi connectivity index (χ2n) is 11.9. The molecule has 15 heteroatoms. The average molecular weight is 626 g/mol. The molecule has 0 aliphatic carbocycles. The molecule has 1 unspecified atom stereocenters. The van der Waals surface area contributed by atoms with E-state index in [1.165, 1.54) is 0 Å². The molecular formula is C28H29ClF5N7O2. The number of halogens is 6. The summed E-state index contributed by atoms with van der Waals surface area (Å²) in [7, 11) is 1.80. The van der Waals surface area contributed by atoms with E-state index in [9.17, 15) is 17.6 Å². The number of benzene rings is 1. The van der Waals surface area contributed by atoms with Crippen molar-refractivity contribution in [1.29, 1.82) is 0 Å². The first kappa shape index (κ1) is 28.5. The summed E-state index contributed by atoms with van der Waals surface area (Å²) >= 11 is 5.99. The van der Waals surface area contributed by atoms with Gasteiger partial charge in [-0.25, -0.2) is 13.8 Å². The van der Waals surface area contributed by atoms with E-state index in [2.05, 4.69) is 25.2 Å². The minimum absolute atomic E-state index is 0.0841. The first-order valence-electron chi connectivity index (χ1n) is 14.1. The number of likely N-dealkylation sites (N-methyl/N-ethyl adjacent to an activating group) is 1. The van der Waals surface area contributed by atoms with Crippen LogP contribution in [0.5, 0.6) is 11.9 Å². The van der Waals surface area contributed by atoms with Crippen molar-refractivity contribution in [3.8, 4) is 23.1 Å². The maximum absolute atomic E-state index is 16.5. The number of alkyl halides is 4. The van der Waals surface area contributed by atoms with Crippen LogP contribution in [0.3, 0.4) is 0 Å². The molecule has 0 saturated carbocycles. The third kappa shape index (κ3) is 4.51. The fraction of sp³-hybridized carbons (Fsp3) is 0.536. The number of anilines is 2. The summed E-state index contributed by atoms with van der Waals surface area (Å²) in [6.45, 7) is 2.47. The zero-order valence-electron chi connectivity index (χ0n) is 23.2. The zero-order chi connectivity index (χ0) is 30.3. The normalized spacial score (nSPS) is 27.1. The topological polar surface area (TPSA) is 102 Å². The maximum atomic E-state index is 16.5. The molecule has 0 amide bonds. The minimum Gasteiger partial charge on any atom is -0.475 e. The van der Waals surface area contributed by atoms with Crippen molar-refractivity contribution in [3.05, 3.63) is 28.5 Å². The second kappa shape index (κ2) is 9.89. The Kier molecular flexibility index (Phi) is 6.57. The van der Waals surface area contributed by atoms with E-state index in [1.807, 2.05) is 4.90 Å². The highest BCUT2D eigenvalue weighted by Crippen LogP contribution is 2.47. The Morgan fingerprint density at radius 2 is 2.05 bits per heavy atom. The molecule has 1 spiro atoms. The number of hydrogen-bond acceptors (Lipinski definition) is 9. The third-order valence-corrected chi connectivity index (χ3v) is 9.62. The Balaban J connectivity index is 1.41. The van der Waals surface area contributed by atoms with Crippen LogP contribution in [-0.4, -0.2) is 83.5 Å². The lowest BCUT2D eigenvalue weighted by Gasteiger charge is -2.37. The molecule has 3 atom stereocenters. The Hall–Kier alpha value is -3.23. The van der Waals surface area contributed by atoms with Crippen LogP contribution in [0.4, 0.5) is 33.5 Å². The van der Waals surface area contributed by atoms with Gasteiger partial charge in [0.15, 0.2) is 5.82 Å².